The maximum Gasteiger partial charge on any atom is 0.0520 e. The molecular formula is C98H106N4. The van der Waals surface area contributed by atoms with Gasteiger partial charge in [-0.2, -0.15) is 0 Å². The van der Waals surface area contributed by atoms with Crippen LogP contribution < -0.4 is 19.6 Å². The van der Waals surface area contributed by atoms with E-state index < -0.39 is 0 Å². The van der Waals surface area contributed by atoms with Crippen molar-refractivity contribution < 1.29 is 0 Å². The first kappa shape index (κ1) is 71.7. The van der Waals surface area contributed by atoms with E-state index in [1.54, 1.807) is 0 Å². The summed E-state index contributed by atoms with van der Waals surface area (Å²) in [5, 5.41) is 0. The molecule has 0 spiro atoms. The summed E-state index contributed by atoms with van der Waals surface area (Å²) in [7, 11) is 0. The predicted octanol–water partition coefficient (Wildman–Crippen LogP) is 29.0. The standard InChI is InChI=1S/C98H106N4/c1-15-19-23-77-59-69(7)95(70(8)60-77)99(87-43-27-67(5)28-44-87)89-47-31-81(32-48-89)83-35-51-91(52-36-83)101(97-73(11)63-79(25-21-17-3)64-74(97)12)93-55-39-85(40-56-93)86-41-57-94(58-42-86)102(98-75(13)65-80(26-22-18-4)66-76(98)14)92-53-37-84(38-54-92)82-33-49-90(50-34-82)100(88-45-29-68(6)30-46-88)96-71(9)61-78(24-20-16-2)62-72(96)10/h27-66H,15-26H2,1-14H3. The average Bonchev–Trinajstić information content (AvgIpc) is 0.790. The Bertz CT molecular complexity index is 4390. The third-order valence-electron chi connectivity index (χ3n) is 20.7. The first-order chi connectivity index (χ1) is 49.5. The lowest BCUT2D eigenvalue weighted by Crippen LogP contribution is -2.13. The van der Waals surface area contributed by atoms with Gasteiger partial charge in [0.1, 0.15) is 0 Å². The highest BCUT2D eigenvalue weighted by Crippen LogP contribution is 2.47. The Morgan fingerprint density at radius 3 is 0.461 bits per heavy atom. The van der Waals surface area contributed by atoms with E-state index >= 15 is 0 Å². The summed E-state index contributed by atoms with van der Waals surface area (Å²) in [6, 6.07) is 92.4. The smallest absolute Gasteiger partial charge is 0.0520 e. The maximum absolute atomic E-state index is 2.47. The summed E-state index contributed by atoms with van der Waals surface area (Å²) in [6.45, 7) is 31.7. The van der Waals surface area contributed by atoms with Crippen molar-refractivity contribution in [3.63, 3.8) is 0 Å². The fourth-order valence-corrected chi connectivity index (χ4v) is 15.5. The molecule has 518 valence electrons. The second-order valence-electron chi connectivity index (χ2n) is 29.0. The number of anilines is 12. The van der Waals surface area contributed by atoms with Crippen LogP contribution in [-0.2, 0) is 25.7 Å². The molecule has 12 aromatic carbocycles. The van der Waals surface area contributed by atoms with Crippen LogP contribution in [0.3, 0.4) is 0 Å². The number of rotatable bonds is 27. The van der Waals surface area contributed by atoms with Crippen LogP contribution in [0.15, 0.2) is 243 Å². The zero-order chi connectivity index (χ0) is 71.6. The number of hydrogen-bond donors (Lipinski definition) is 0. The Kier molecular flexibility index (Phi) is 22.9. The van der Waals surface area contributed by atoms with Crippen LogP contribution in [0.1, 0.15) is 157 Å². The zero-order valence-corrected chi connectivity index (χ0v) is 63.4. The minimum absolute atomic E-state index is 1.08. The van der Waals surface area contributed by atoms with Crippen LogP contribution in [0, 0.1) is 69.2 Å². The molecule has 0 saturated heterocycles. The summed E-state index contributed by atoms with van der Waals surface area (Å²) < 4.78 is 0. The predicted molar refractivity (Wildman–Crippen MR) is 443 cm³/mol. The average molecular weight is 1340 g/mol. The Labute approximate surface area is 612 Å². The molecule has 12 rings (SSSR count). The van der Waals surface area contributed by atoms with E-state index in [0.717, 1.165) is 71.2 Å². The maximum atomic E-state index is 2.47. The number of nitrogens with zero attached hydrogens (tertiary/aromatic N) is 4. The Morgan fingerprint density at radius 2 is 0.324 bits per heavy atom. The molecule has 0 N–H and O–H groups in total. The number of benzene rings is 12. The van der Waals surface area contributed by atoms with Crippen molar-refractivity contribution in [2.24, 2.45) is 0 Å². The summed E-state index contributed by atoms with van der Waals surface area (Å²) in [6.07, 6.45) is 13.9. The van der Waals surface area contributed by atoms with Crippen molar-refractivity contribution in [2.75, 3.05) is 19.6 Å². The summed E-state index contributed by atoms with van der Waals surface area (Å²) >= 11 is 0. The van der Waals surface area contributed by atoms with Crippen molar-refractivity contribution in [2.45, 2.75) is 174 Å². The van der Waals surface area contributed by atoms with Crippen LogP contribution in [-0.4, -0.2) is 0 Å². The third-order valence-corrected chi connectivity index (χ3v) is 20.7. The number of hydrogen-bond acceptors (Lipinski definition) is 4. The van der Waals surface area contributed by atoms with E-state index in [9.17, 15) is 0 Å². The minimum Gasteiger partial charge on any atom is -0.310 e. The van der Waals surface area contributed by atoms with E-state index in [0.29, 0.717) is 0 Å². The highest BCUT2D eigenvalue weighted by molar-refractivity contribution is 5.88. The van der Waals surface area contributed by atoms with Crippen LogP contribution in [0.2, 0.25) is 0 Å². The van der Waals surface area contributed by atoms with Crippen LogP contribution in [0.4, 0.5) is 68.2 Å². The molecule has 0 amide bonds. The molecule has 102 heavy (non-hydrogen) atoms. The monoisotopic (exact) mass is 1340 g/mol. The SMILES string of the molecule is CCCCc1cc(C)c(N(c2ccc(C)cc2)c2ccc(-c3ccc(N(c4ccc(-c5ccc(N(c6ccc(-c7ccc(N(c8ccc(C)cc8)c8c(C)cc(CCCC)cc8C)cc7)cc6)c6c(C)cc(CCCC)cc6C)cc5)cc4)c4c(C)cc(CCCC)cc4C)cc3)cc2)c(C)c1. The van der Waals surface area contributed by atoms with Crippen LogP contribution in [0.5, 0.6) is 0 Å². The van der Waals surface area contributed by atoms with Gasteiger partial charge < -0.3 is 19.6 Å². The van der Waals surface area contributed by atoms with Crippen LogP contribution in [0.25, 0.3) is 33.4 Å². The van der Waals surface area contributed by atoms with Gasteiger partial charge >= 0.3 is 0 Å². The summed E-state index contributed by atoms with van der Waals surface area (Å²) in [5.74, 6) is 0. The number of aryl methyl sites for hydroxylation is 14. The first-order valence-corrected chi connectivity index (χ1v) is 37.9. The van der Waals surface area contributed by atoms with Crippen LogP contribution >= 0.6 is 0 Å². The molecule has 0 aliphatic carbocycles. The first-order valence-electron chi connectivity index (χ1n) is 37.9. The van der Waals surface area contributed by atoms with Gasteiger partial charge in [0.05, 0.1) is 22.7 Å². The van der Waals surface area contributed by atoms with Gasteiger partial charge in [-0.05, 0) is 318 Å². The second-order valence-corrected chi connectivity index (χ2v) is 29.0. The largest absolute Gasteiger partial charge is 0.310 e. The molecular weight excluding hydrogens is 1230 g/mol. The molecule has 0 aromatic heterocycles. The van der Waals surface area contributed by atoms with Gasteiger partial charge in [-0.15, -0.1) is 0 Å². The van der Waals surface area contributed by atoms with Gasteiger partial charge in [0.2, 0.25) is 0 Å². The van der Waals surface area contributed by atoms with E-state index in [4.69, 9.17) is 0 Å². The Morgan fingerprint density at radius 1 is 0.186 bits per heavy atom. The fourth-order valence-electron chi connectivity index (χ4n) is 15.5. The third kappa shape index (κ3) is 16.1. The highest BCUT2D eigenvalue weighted by Gasteiger charge is 2.24. The van der Waals surface area contributed by atoms with Gasteiger partial charge in [0, 0.05) is 45.5 Å². The minimum atomic E-state index is 1.08. The molecule has 4 nitrogen and oxygen atoms in total. The molecule has 0 unspecified atom stereocenters. The zero-order valence-electron chi connectivity index (χ0n) is 63.4. The van der Waals surface area contributed by atoms with E-state index in [2.05, 4.69) is 359 Å². The molecule has 0 saturated carbocycles. The van der Waals surface area contributed by atoms with E-state index in [-0.39, 0.29) is 0 Å². The highest BCUT2D eigenvalue weighted by atomic mass is 15.2. The normalized spacial score (nSPS) is 11.3. The van der Waals surface area contributed by atoms with E-state index in [1.165, 1.54) is 185 Å². The lowest BCUT2D eigenvalue weighted by Gasteiger charge is -2.30. The quantitative estimate of drug-likeness (QED) is 0.0509. The summed E-state index contributed by atoms with van der Waals surface area (Å²) in [4.78, 5) is 9.83. The molecule has 0 radical (unpaired) electrons. The Balaban J connectivity index is 0.839. The van der Waals surface area contributed by atoms with Gasteiger partial charge in [-0.25, -0.2) is 0 Å². The van der Waals surface area contributed by atoms with E-state index in [1.807, 2.05) is 0 Å². The second kappa shape index (κ2) is 32.7. The fraction of sp³-hybridized carbons (Fsp3) is 0.265. The van der Waals surface area contributed by atoms with Crippen molar-refractivity contribution >= 4 is 68.2 Å². The summed E-state index contributed by atoms with van der Waals surface area (Å²) in [5.41, 5.74) is 39.6. The molecule has 0 fully saturated rings. The Hall–Kier alpha value is -10.2. The lowest BCUT2D eigenvalue weighted by atomic mass is 9.97. The van der Waals surface area contributed by atoms with Gasteiger partial charge in [0.15, 0.2) is 0 Å². The molecule has 0 atom stereocenters. The van der Waals surface area contributed by atoms with Gasteiger partial charge in [-0.1, -0.05) is 210 Å². The molecule has 0 heterocycles. The van der Waals surface area contributed by atoms with Gasteiger partial charge in [0.25, 0.3) is 0 Å². The van der Waals surface area contributed by atoms with Crippen molar-refractivity contribution in [3.05, 3.63) is 321 Å². The van der Waals surface area contributed by atoms with Crippen molar-refractivity contribution in [1.82, 2.24) is 0 Å². The van der Waals surface area contributed by atoms with Gasteiger partial charge in [-0.3, -0.25) is 0 Å². The van der Waals surface area contributed by atoms with Crippen molar-refractivity contribution in [1.29, 1.82) is 0 Å². The molecule has 0 bridgehead atoms. The molecule has 4 heteroatoms. The molecule has 12 aromatic rings. The lowest BCUT2D eigenvalue weighted by molar-refractivity contribution is 0.794. The van der Waals surface area contributed by atoms with Crippen molar-refractivity contribution in [3.8, 4) is 33.4 Å². The topological polar surface area (TPSA) is 13.0 Å². The molecule has 0 aliphatic heterocycles. The molecule has 0 aliphatic rings. The number of unbranched alkanes of at least 4 members (excludes halogenated alkanes) is 4.